The van der Waals surface area contributed by atoms with Gasteiger partial charge in [-0.15, -0.1) is 0 Å². The van der Waals surface area contributed by atoms with Crippen LogP contribution in [0.3, 0.4) is 0 Å². The summed E-state index contributed by atoms with van der Waals surface area (Å²) in [5.41, 5.74) is 1.78. The number of aryl methyl sites for hydroxylation is 1. The number of hydrogen-bond acceptors (Lipinski definition) is 2. The zero-order chi connectivity index (χ0) is 14.4. The van der Waals surface area contributed by atoms with E-state index in [1.54, 1.807) is 24.5 Å². The van der Waals surface area contributed by atoms with Gasteiger partial charge in [-0.2, -0.15) is 0 Å². The van der Waals surface area contributed by atoms with Gasteiger partial charge in [-0.3, -0.25) is 9.78 Å². The Bertz CT molecular complexity index is 572. The molecule has 0 amide bonds. The van der Waals surface area contributed by atoms with Gasteiger partial charge in [0.1, 0.15) is 5.82 Å². The molecule has 1 atom stereocenters. The van der Waals surface area contributed by atoms with E-state index in [-0.39, 0.29) is 5.82 Å². The normalized spacial score (nSPS) is 12.1. The minimum Gasteiger partial charge on any atom is -0.481 e. The third-order valence-corrected chi connectivity index (χ3v) is 3.25. The molecule has 104 valence electrons. The van der Waals surface area contributed by atoms with Gasteiger partial charge in [0.15, 0.2) is 0 Å². The Morgan fingerprint density at radius 1 is 1.20 bits per heavy atom. The molecule has 0 saturated carbocycles. The third kappa shape index (κ3) is 4.16. The first-order valence-electron chi connectivity index (χ1n) is 6.51. The number of aliphatic carboxylic acids is 1. The molecule has 0 bridgehead atoms. The summed E-state index contributed by atoms with van der Waals surface area (Å²) < 4.78 is 13.1. The molecule has 1 unspecified atom stereocenters. The smallest absolute Gasteiger partial charge is 0.306 e. The molecule has 0 aliphatic rings. The lowest BCUT2D eigenvalue weighted by Crippen LogP contribution is -2.17. The Morgan fingerprint density at radius 3 is 2.60 bits per heavy atom. The van der Waals surface area contributed by atoms with Gasteiger partial charge in [0.05, 0.1) is 5.92 Å². The number of hydrogen-bond donors (Lipinski definition) is 1. The minimum atomic E-state index is -0.844. The molecular formula is C16H16FNO2. The molecule has 4 heteroatoms. The summed E-state index contributed by atoms with van der Waals surface area (Å²) in [5.74, 6) is -1.69. The molecule has 3 nitrogen and oxygen atoms in total. The van der Waals surface area contributed by atoms with Crippen LogP contribution in [0.2, 0.25) is 0 Å². The second-order valence-electron chi connectivity index (χ2n) is 4.76. The number of carbonyl (C=O) groups is 1. The second-order valence-corrected chi connectivity index (χ2v) is 4.76. The Hall–Kier alpha value is -2.23. The quantitative estimate of drug-likeness (QED) is 0.879. The number of carboxylic acid groups (broad SMARTS) is 1. The molecule has 20 heavy (non-hydrogen) atoms. The van der Waals surface area contributed by atoms with Crippen LogP contribution in [-0.2, 0) is 17.6 Å². The lowest BCUT2D eigenvalue weighted by atomic mass is 9.93. The minimum absolute atomic E-state index is 0.333. The fourth-order valence-corrected chi connectivity index (χ4v) is 2.15. The lowest BCUT2D eigenvalue weighted by Gasteiger charge is -2.12. The van der Waals surface area contributed by atoms with Gasteiger partial charge in [0.25, 0.3) is 0 Å². The summed E-state index contributed by atoms with van der Waals surface area (Å²) in [6.07, 6.45) is 4.93. The van der Waals surface area contributed by atoms with E-state index >= 15 is 0 Å². The summed E-state index contributed by atoms with van der Waals surface area (Å²) >= 11 is 0. The van der Waals surface area contributed by atoms with Crippen molar-refractivity contribution in [3.63, 3.8) is 0 Å². The highest BCUT2D eigenvalue weighted by molar-refractivity contribution is 5.70. The van der Waals surface area contributed by atoms with Crippen molar-refractivity contribution in [3.05, 3.63) is 65.7 Å². The van der Waals surface area contributed by atoms with E-state index < -0.39 is 11.9 Å². The molecule has 2 rings (SSSR count). The molecule has 0 radical (unpaired) electrons. The van der Waals surface area contributed by atoms with Crippen LogP contribution >= 0.6 is 0 Å². The molecule has 0 aliphatic heterocycles. The molecule has 1 heterocycles. The topological polar surface area (TPSA) is 50.2 Å². The number of carboxylic acids is 1. The fourth-order valence-electron chi connectivity index (χ4n) is 2.15. The summed E-state index contributed by atoms with van der Waals surface area (Å²) in [6, 6.07) is 9.86. The van der Waals surface area contributed by atoms with Gasteiger partial charge in [0.2, 0.25) is 0 Å². The van der Waals surface area contributed by atoms with Crippen LogP contribution in [0.4, 0.5) is 4.39 Å². The largest absolute Gasteiger partial charge is 0.481 e. The maximum Gasteiger partial charge on any atom is 0.306 e. The number of aromatic nitrogens is 1. The van der Waals surface area contributed by atoms with Crippen LogP contribution in [0.25, 0.3) is 0 Å². The van der Waals surface area contributed by atoms with Crippen LogP contribution in [-0.4, -0.2) is 16.1 Å². The van der Waals surface area contributed by atoms with Crippen LogP contribution in [0, 0.1) is 11.7 Å². The highest BCUT2D eigenvalue weighted by atomic mass is 19.1. The molecule has 0 spiro atoms. The zero-order valence-electron chi connectivity index (χ0n) is 11.0. The van der Waals surface area contributed by atoms with E-state index in [4.69, 9.17) is 0 Å². The Kier molecular flexibility index (Phi) is 4.82. The molecular weight excluding hydrogens is 257 g/mol. The van der Waals surface area contributed by atoms with Crippen molar-refractivity contribution < 1.29 is 14.3 Å². The maximum atomic E-state index is 13.1. The van der Waals surface area contributed by atoms with Crippen LogP contribution in [0.1, 0.15) is 17.5 Å². The van der Waals surface area contributed by atoms with E-state index in [0.29, 0.717) is 24.8 Å². The molecule has 1 aromatic heterocycles. The van der Waals surface area contributed by atoms with Gasteiger partial charge < -0.3 is 5.11 Å². The van der Waals surface area contributed by atoms with E-state index in [9.17, 15) is 14.3 Å². The lowest BCUT2D eigenvalue weighted by molar-refractivity contribution is -0.141. The number of rotatable bonds is 6. The Labute approximate surface area is 117 Å². The van der Waals surface area contributed by atoms with Gasteiger partial charge in [-0.1, -0.05) is 12.1 Å². The van der Waals surface area contributed by atoms with Gasteiger partial charge in [0, 0.05) is 12.4 Å². The van der Waals surface area contributed by atoms with Crippen LogP contribution in [0.5, 0.6) is 0 Å². The summed E-state index contributed by atoms with van der Waals surface area (Å²) in [7, 11) is 0. The van der Waals surface area contributed by atoms with Crippen molar-refractivity contribution in [1.82, 2.24) is 4.98 Å². The van der Waals surface area contributed by atoms with Crippen LogP contribution in [0.15, 0.2) is 48.8 Å². The number of nitrogens with zero attached hydrogens (tertiary/aromatic N) is 1. The summed E-state index contributed by atoms with van der Waals surface area (Å²) in [5, 5.41) is 9.28. The predicted octanol–water partition coefficient (Wildman–Crippen LogP) is 3.10. The molecule has 0 saturated heterocycles. The number of halogens is 1. The van der Waals surface area contributed by atoms with E-state index in [1.807, 2.05) is 12.1 Å². The second kappa shape index (κ2) is 6.80. The fraction of sp³-hybridized carbons (Fsp3) is 0.250. The average Bonchev–Trinajstić information content (AvgIpc) is 2.44. The van der Waals surface area contributed by atoms with Gasteiger partial charge in [-0.05, 0) is 54.7 Å². The maximum absolute atomic E-state index is 13.1. The third-order valence-electron chi connectivity index (χ3n) is 3.25. The molecule has 0 aliphatic carbocycles. The number of benzene rings is 1. The molecule has 0 fully saturated rings. The van der Waals surface area contributed by atoms with Crippen molar-refractivity contribution in [1.29, 1.82) is 0 Å². The summed E-state index contributed by atoms with van der Waals surface area (Å²) in [4.78, 5) is 15.2. The molecule has 1 aromatic carbocycles. The van der Waals surface area contributed by atoms with E-state index in [2.05, 4.69) is 4.98 Å². The van der Waals surface area contributed by atoms with Crippen molar-refractivity contribution in [2.45, 2.75) is 19.3 Å². The first-order chi connectivity index (χ1) is 9.65. The Balaban J connectivity index is 1.99. The van der Waals surface area contributed by atoms with E-state index in [1.165, 1.54) is 12.1 Å². The molecule has 1 N–H and O–H groups in total. The summed E-state index contributed by atoms with van der Waals surface area (Å²) in [6.45, 7) is 0. The van der Waals surface area contributed by atoms with Crippen molar-refractivity contribution in [2.75, 3.05) is 0 Å². The van der Waals surface area contributed by atoms with Crippen LogP contribution < -0.4 is 0 Å². The van der Waals surface area contributed by atoms with Crippen molar-refractivity contribution >= 4 is 5.97 Å². The zero-order valence-corrected chi connectivity index (χ0v) is 11.0. The Morgan fingerprint density at radius 2 is 1.95 bits per heavy atom. The first-order valence-corrected chi connectivity index (χ1v) is 6.51. The van der Waals surface area contributed by atoms with Gasteiger partial charge in [-0.25, -0.2) is 4.39 Å². The molecule has 2 aromatic rings. The highest BCUT2D eigenvalue weighted by Crippen LogP contribution is 2.16. The standard InChI is InChI=1S/C16H16FNO2/c17-15-3-1-2-13(11-15)10-14(16(19)20)5-4-12-6-8-18-9-7-12/h1-3,6-9,11,14H,4-5,10H2,(H,19,20). The van der Waals surface area contributed by atoms with Gasteiger partial charge >= 0.3 is 5.97 Å². The number of pyridine rings is 1. The predicted molar refractivity (Wildman–Crippen MR) is 73.8 cm³/mol. The van der Waals surface area contributed by atoms with Crippen molar-refractivity contribution in [3.8, 4) is 0 Å². The highest BCUT2D eigenvalue weighted by Gasteiger charge is 2.18. The average molecular weight is 273 g/mol. The van der Waals surface area contributed by atoms with E-state index in [0.717, 1.165) is 5.56 Å². The monoisotopic (exact) mass is 273 g/mol. The van der Waals surface area contributed by atoms with Crippen molar-refractivity contribution in [2.24, 2.45) is 5.92 Å². The first kappa shape index (κ1) is 14.2. The SMILES string of the molecule is O=C(O)C(CCc1ccncc1)Cc1cccc(F)c1.